The summed E-state index contributed by atoms with van der Waals surface area (Å²) < 4.78 is 0. The van der Waals surface area contributed by atoms with Gasteiger partial charge >= 0.3 is 0 Å². The van der Waals surface area contributed by atoms with Gasteiger partial charge in [0.25, 0.3) is 0 Å². The molecule has 1 aliphatic carbocycles. The maximum Gasteiger partial charge on any atom is 0.0947 e. The van der Waals surface area contributed by atoms with Crippen molar-refractivity contribution in [3.63, 3.8) is 0 Å². The molecule has 0 spiro atoms. The van der Waals surface area contributed by atoms with E-state index in [2.05, 4.69) is 50.8 Å². The molecule has 0 aliphatic heterocycles. The first-order valence-electron chi connectivity index (χ1n) is 8.02. The van der Waals surface area contributed by atoms with E-state index in [1.807, 2.05) is 6.07 Å². The van der Waals surface area contributed by atoms with Gasteiger partial charge in [0.15, 0.2) is 0 Å². The van der Waals surface area contributed by atoms with Crippen LogP contribution in [0.25, 0.3) is 0 Å². The van der Waals surface area contributed by atoms with Crippen LogP contribution in [-0.2, 0) is 6.42 Å². The minimum atomic E-state index is -0.352. The summed E-state index contributed by atoms with van der Waals surface area (Å²) >= 11 is 0. The van der Waals surface area contributed by atoms with Gasteiger partial charge in [0.2, 0.25) is 0 Å². The molecule has 1 N–H and O–H groups in total. The molecule has 1 aromatic rings. The van der Waals surface area contributed by atoms with Gasteiger partial charge in [0.1, 0.15) is 0 Å². The first kappa shape index (κ1) is 15.5. The molecule has 2 nitrogen and oxygen atoms in total. The number of aryl methyl sites for hydroxylation is 1. The van der Waals surface area contributed by atoms with Crippen LogP contribution in [0.3, 0.4) is 0 Å². The molecule has 2 heteroatoms. The van der Waals surface area contributed by atoms with Gasteiger partial charge in [0, 0.05) is 18.6 Å². The molecule has 2 unspecified atom stereocenters. The molecule has 2 atom stereocenters. The summed E-state index contributed by atoms with van der Waals surface area (Å²) in [5.74, 6) is 0.628. The lowest BCUT2D eigenvalue weighted by molar-refractivity contribution is 0.0205. The molecule has 0 saturated carbocycles. The first-order chi connectivity index (χ1) is 9.50. The van der Waals surface area contributed by atoms with Crippen molar-refractivity contribution >= 4 is 0 Å². The molecule has 0 bridgehead atoms. The van der Waals surface area contributed by atoms with Crippen molar-refractivity contribution in [3.8, 4) is 0 Å². The average Bonchev–Trinajstić information content (AvgIpc) is 2.56. The highest BCUT2D eigenvalue weighted by molar-refractivity contribution is 5.31. The van der Waals surface area contributed by atoms with Gasteiger partial charge in [-0.05, 0) is 50.2 Å². The number of hydrogen-bond acceptors (Lipinski definition) is 2. The maximum absolute atomic E-state index is 10.9. The Balaban J connectivity index is 2.27. The number of fused-ring (bicyclic) bond motifs is 1. The molecule has 0 heterocycles. The van der Waals surface area contributed by atoms with Gasteiger partial charge < -0.3 is 5.11 Å². The van der Waals surface area contributed by atoms with E-state index in [9.17, 15) is 5.11 Å². The summed E-state index contributed by atoms with van der Waals surface area (Å²) in [6, 6.07) is 9.13. The molecular formula is C18H29NO. The monoisotopic (exact) mass is 275 g/mol. The second-order valence-electron chi connectivity index (χ2n) is 6.79. The lowest BCUT2D eigenvalue weighted by Gasteiger charge is -2.38. The fraction of sp³-hybridized carbons (Fsp3) is 0.667. The Morgan fingerprint density at radius 1 is 1.20 bits per heavy atom. The second kappa shape index (κ2) is 6.73. The maximum atomic E-state index is 10.9. The predicted octanol–water partition coefficient (Wildman–Crippen LogP) is 3.79. The van der Waals surface area contributed by atoms with Gasteiger partial charge in [-0.3, -0.25) is 4.90 Å². The molecule has 20 heavy (non-hydrogen) atoms. The van der Waals surface area contributed by atoms with E-state index in [1.165, 1.54) is 12.0 Å². The zero-order valence-electron chi connectivity index (χ0n) is 13.3. The summed E-state index contributed by atoms with van der Waals surface area (Å²) in [5.41, 5.74) is 2.47. The lowest BCUT2D eigenvalue weighted by atomic mass is 9.96. The predicted molar refractivity (Wildman–Crippen MR) is 84.8 cm³/mol. The highest BCUT2D eigenvalue weighted by Gasteiger charge is 2.31. The first-order valence-corrected chi connectivity index (χ1v) is 8.02. The molecule has 0 amide bonds. The number of rotatable bonds is 4. The van der Waals surface area contributed by atoms with Crippen LogP contribution in [0.1, 0.15) is 57.8 Å². The minimum absolute atomic E-state index is 0.251. The van der Waals surface area contributed by atoms with Gasteiger partial charge in [-0.2, -0.15) is 0 Å². The van der Waals surface area contributed by atoms with E-state index in [-0.39, 0.29) is 12.1 Å². The average molecular weight is 275 g/mol. The Labute approximate surface area is 123 Å². The third-order valence-corrected chi connectivity index (χ3v) is 4.35. The van der Waals surface area contributed by atoms with E-state index in [4.69, 9.17) is 0 Å². The number of nitrogens with zero attached hydrogens (tertiary/aromatic N) is 1. The molecule has 0 saturated heterocycles. The standard InChI is InChI=1S/C18H29NO/c1-13(2)12-19(14(3)4)17-11-7-9-15-8-5-6-10-16(15)18(17)20/h5-6,8,10,13-14,17-18,20H,7,9,11-12H2,1-4H3. The van der Waals surface area contributed by atoms with Gasteiger partial charge in [-0.1, -0.05) is 38.1 Å². The third kappa shape index (κ3) is 3.42. The van der Waals surface area contributed by atoms with Crippen LogP contribution in [0.2, 0.25) is 0 Å². The fourth-order valence-corrected chi connectivity index (χ4v) is 3.42. The number of benzene rings is 1. The molecular weight excluding hydrogens is 246 g/mol. The highest BCUT2D eigenvalue weighted by Crippen LogP contribution is 2.33. The van der Waals surface area contributed by atoms with E-state index in [0.717, 1.165) is 24.9 Å². The Bertz CT molecular complexity index is 427. The van der Waals surface area contributed by atoms with E-state index in [1.54, 1.807) is 0 Å². The Kier molecular flexibility index (Phi) is 5.22. The van der Waals surface area contributed by atoms with Gasteiger partial charge in [-0.25, -0.2) is 0 Å². The molecule has 0 fully saturated rings. The van der Waals surface area contributed by atoms with Crippen molar-refractivity contribution in [2.45, 2.75) is 65.1 Å². The minimum Gasteiger partial charge on any atom is -0.387 e. The third-order valence-electron chi connectivity index (χ3n) is 4.35. The summed E-state index contributed by atoms with van der Waals surface area (Å²) in [6.45, 7) is 10.1. The normalized spacial score (nSPS) is 23.2. The van der Waals surface area contributed by atoms with Gasteiger partial charge in [0.05, 0.1) is 6.10 Å². The van der Waals surface area contributed by atoms with E-state index >= 15 is 0 Å². The summed E-state index contributed by atoms with van der Waals surface area (Å²) in [4.78, 5) is 2.50. The van der Waals surface area contributed by atoms with Crippen LogP contribution in [0.5, 0.6) is 0 Å². The Morgan fingerprint density at radius 3 is 2.55 bits per heavy atom. The van der Waals surface area contributed by atoms with E-state index < -0.39 is 0 Å². The van der Waals surface area contributed by atoms with Crippen LogP contribution in [-0.4, -0.2) is 28.6 Å². The van der Waals surface area contributed by atoms with Crippen molar-refractivity contribution in [2.75, 3.05) is 6.54 Å². The van der Waals surface area contributed by atoms with Crippen molar-refractivity contribution < 1.29 is 5.11 Å². The van der Waals surface area contributed by atoms with E-state index in [0.29, 0.717) is 12.0 Å². The summed E-state index contributed by atoms with van der Waals surface area (Å²) in [7, 11) is 0. The number of aliphatic hydroxyl groups excluding tert-OH is 1. The quantitative estimate of drug-likeness (QED) is 0.845. The Morgan fingerprint density at radius 2 is 1.90 bits per heavy atom. The molecule has 112 valence electrons. The van der Waals surface area contributed by atoms with Crippen LogP contribution in [0.15, 0.2) is 24.3 Å². The topological polar surface area (TPSA) is 23.5 Å². The van der Waals surface area contributed by atoms with Crippen molar-refractivity contribution in [1.82, 2.24) is 4.90 Å². The van der Waals surface area contributed by atoms with Crippen molar-refractivity contribution in [1.29, 1.82) is 0 Å². The zero-order chi connectivity index (χ0) is 14.7. The van der Waals surface area contributed by atoms with Crippen LogP contribution >= 0.6 is 0 Å². The number of aliphatic hydroxyl groups is 1. The molecule has 1 aromatic carbocycles. The highest BCUT2D eigenvalue weighted by atomic mass is 16.3. The van der Waals surface area contributed by atoms with Gasteiger partial charge in [-0.15, -0.1) is 0 Å². The van der Waals surface area contributed by atoms with Crippen LogP contribution < -0.4 is 0 Å². The number of hydrogen-bond donors (Lipinski definition) is 1. The lowest BCUT2D eigenvalue weighted by Crippen LogP contribution is -2.45. The fourth-order valence-electron chi connectivity index (χ4n) is 3.42. The SMILES string of the molecule is CC(C)CN(C(C)C)C1CCCc2ccccc2C1O. The molecule has 0 radical (unpaired) electrons. The van der Waals surface area contributed by atoms with Crippen molar-refractivity contribution in [2.24, 2.45) is 5.92 Å². The molecule has 2 rings (SSSR count). The Hall–Kier alpha value is -0.860. The van der Waals surface area contributed by atoms with Crippen LogP contribution in [0.4, 0.5) is 0 Å². The van der Waals surface area contributed by atoms with Crippen LogP contribution in [0, 0.1) is 5.92 Å². The summed E-state index contributed by atoms with van der Waals surface area (Å²) in [6.07, 6.45) is 2.99. The summed E-state index contributed by atoms with van der Waals surface area (Å²) in [5, 5.41) is 10.9. The smallest absolute Gasteiger partial charge is 0.0947 e. The zero-order valence-corrected chi connectivity index (χ0v) is 13.3. The second-order valence-corrected chi connectivity index (χ2v) is 6.79. The molecule has 0 aromatic heterocycles. The molecule has 1 aliphatic rings. The van der Waals surface area contributed by atoms with Crippen molar-refractivity contribution in [3.05, 3.63) is 35.4 Å². The largest absolute Gasteiger partial charge is 0.387 e.